The molecule has 0 aromatic heterocycles. The molecule has 0 saturated heterocycles. The van der Waals surface area contributed by atoms with Gasteiger partial charge in [-0.2, -0.15) is 0 Å². The Morgan fingerprint density at radius 1 is 1.14 bits per heavy atom. The van der Waals surface area contributed by atoms with Crippen LogP contribution in [-0.4, -0.2) is 27.7 Å². The highest BCUT2D eigenvalue weighted by atomic mass is 16.5. The van der Waals surface area contributed by atoms with Gasteiger partial charge in [-0.05, 0) is 49.4 Å². The fourth-order valence-corrected chi connectivity index (χ4v) is 2.47. The lowest BCUT2D eigenvalue weighted by atomic mass is 10.1. The van der Waals surface area contributed by atoms with Crippen LogP contribution in [0.5, 0.6) is 5.75 Å². The van der Waals surface area contributed by atoms with E-state index in [1.165, 1.54) is 16.8 Å². The van der Waals surface area contributed by atoms with E-state index in [4.69, 9.17) is 4.74 Å². The molecule has 112 valence electrons. The topological polar surface area (TPSA) is 24.5 Å². The maximum atomic E-state index is 5.31. The molecule has 0 aliphatic carbocycles. The van der Waals surface area contributed by atoms with Gasteiger partial charge in [0.15, 0.2) is 0 Å². The molecule has 3 nitrogen and oxygen atoms in total. The van der Waals surface area contributed by atoms with Gasteiger partial charge in [-0.1, -0.05) is 24.3 Å². The van der Waals surface area contributed by atoms with Crippen LogP contribution in [0.1, 0.15) is 17.2 Å². The average Bonchev–Trinajstić information content (AvgIpc) is 2.52. The van der Waals surface area contributed by atoms with E-state index in [-0.39, 0.29) is 6.04 Å². The summed E-state index contributed by atoms with van der Waals surface area (Å²) >= 11 is 0. The second-order valence-corrected chi connectivity index (χ2v) is 5.34. The number of hydrogen-bond donors (Lipinski definition) is 1. The van der Waals surface area contributed by atoms with Gasteiger partial charge in [0.1, 0.15) is 5.75 Å². The van der Waals surface area contributed by atoms with E-state index < -0.39 is 0 Å². The minimum atomic E-state index is 0.255. The van der Waals surface area contributed by atoms with Crippen LogP contribution in [0, 0.1) is 6.92 Å². The van der Waals surface area contributed by atoms with Gasteiger partial charge in [0.2, 0.25) is 0 Å². The number of aryl methyl sites for hydroxylation is 1. The Morgan fingerprint density at radius 3 is 2.57 bits per heavy atom. The molecule has 0 fully saturated rings. The van der Waals surface area contributed by atoms with Crippen LogP contribution in [-0.2, 0) is 0 Å². The van der Waals surface area contributed by atoms with E-state index in [1.54, 1.807) is 7.11 Å². The third kappa shape index (κ3) is 3.99. The predicted octanol–water partition coefficient (Wildman–Crippen LogP) is 3.40. The Labute approximate surface area is 127 Å². The first-order valence-electron chi connectivity index (χ1n) is 7.23. The zero-order valence-corrected chi connectivity index (χ0v) is 13.3. The summed E-state index contributed by atoms with van der Waals surface area (Å²) in [7, 11) is 5.82. The Bertz CT molecular complexity index is 583. The molecule has 0 radical (unpaired) electrons. The SMILES string of the molecule is CNC(CN(C)c1cccc(C)c1)c1cccc(OC)c1. The highest BCUT2D eigenvalue weighted by Crippen LogP contribution is 2.22. The molecule has 0 spiro atoms. The first-order chi connectivity index (χ1) is 10.1. The van der Waals surface area contributed by atoms with Crippen molar-refractivity contribution in [1.82, 2.24) is 5.32 Å². The predicted molar refractivity (Wildman–Crippen MR) is 89.2 cm³/mol. The lowest BCUT2D eigenvalue weighted by Gasteiger charge is -2.26. The second-order valence-electron chi connectivity index (χ2n) is 5.34. The van der Waals surface area contributed by atoms with Gasteiger partial charge in [-0.3, -0.25) is 0 Å². The Kier molecular flexibility index (Phi) is 5.23. The van der Waals surface area contributed by atoms with Crippen LogP contribution in [0.3, 0.4) is 0 Å². The molecule has 2 aromatic carbocycles. The normalized spacial score (nSPS) is 12.0. The zero-order valence-electron chi connectivity index (χ0n) is 13.3. The van der Waals surface area contributed by atoms with E-state index >= 15 is 0 Å². The minimum absolute atomic E-state index is 0.255. The lowest BCUT2D eigenvalue weighted by Crippen LogP contribution is -2.31. The van der Waals surface area contributed by atoms with Gasteiger partial charge in [0.05, 0.1) is 7.11 Å². The molecule has 0 aliphatic rings. The van der Waals surface area contributed by atoms with Crippen molar-refractivity contribution in [3.63, 3.8) is 0 Å². The second kappa shape index (κ2) is 7.14. The number of anilines is 1. The standard InChI is InChI=1S/C18H24N2O/c1-14-7-5-9-16(11-14)20(3)13-18(19-2)15-8-6-10-17(12-15)21-4/h5-12,18-19H,13H2,1-4H3. The molecule has 0 saturated carbocycles. The number of ether oxygens (including phenoxy) is 1. The first-order valence-corrected chi connectivity index (χ1v) is 7.23. The van der Waals surface area contributed by atoms with Gasteiger partial charge in [0.25, 0.3) is 0 Å². The molecule has 0 bridgehead atoms. The summed E-state index contributed by atoms with van der Waals surface area (Å²) in [6.07, 6.45) is 0. The van der Waals surface area contributed by atoms with Crippen molar-refractivity contribution < 1.29 is 4.74 Å². The number of nitrogens with zero attached hydrogens (tertiary/aromatic N) is 1. The molecule has 1 atom stereocenters. The molecule has 21 heavy (non-hydrogen) atoms. The van der Waals surface area contributed by atoms with Crippen molar-refractivity contribution >= 4 is 5.69 Å². The van der Waals surface area contributed by atoms with Crippen LogP contribution in [0.25, 0.3) is 0 Å². The van der Waals surface area contributed by atoms with Gasteiger partial charge in [-0.25, -0.2) is 0 Å². The Balaban J connectivity index is 2.14. The number of nitrogens with one attached hydrogen (secondary N) is 1. The molecule has 0 amide bonds. The van der Waals surface area contributed by atoms with Crippen molar-refractivity contribution in [1.29, 1.82) is 0 Å². The minimum Gasteiger partial charge on any atom is -0.497 e. The van der Waals surface area contributed by atoms with E-state index in [0.717, 1.165) is 12.3 Å². The molecule has 0 aliphatic heterocycles. The van der Waals surface area contributed by atoms with E-state index in [9.17, 15) is 0 Å². The molecule has 2 rings (SSSR count). The van der Waals surface area contributed by atoms with Crippen molar-refractivity contribution in [2.24, 2.45) is 0 Å². The maximum Gasteiger partial charge on any atom is 0.119 e. The average molecular weight is 284 g/mol. The van der Waals surface area contributed by atoms with Crippen LogP contribution < -0.4 is 15.0 Å². The number of rotatable bonds is 6. The van der Waals surface area contributed by atoms with Crippen molar-refractivity contribution in [2.75, 3.05) is 32.6 Å². The summed E-state index contributed by atoms with van der Waals surface area (Å²) in [5, 5.41) is 3.39. The summed E-state index contributed by atoms with van der Waals surface area (Å²) in [5.41, 5.74) is 3.75. The Hall–Kier alpha value is -2.00. The van der Waals surface area contributed by atoms with Crippen molar-refractivity contribution in [2.45, 2.75) is 13.0 Å². The lowest BCUT2D eigenvalue weighted by molar-refractivity contribution is 0.413. The van der Waals surface area contributed by atoms with E-state index in [1.807, 2.05) is 19.2 Å². The molecule has 1 N–H and O–H groups in total. The van der Waals surface area contributed by atoms with Gasteiger partial charge >= 0.3 is 0 Å². The van der Waals surface area contributed by atoms with E-state index in [0.29, 0.717) is 0 Å². The molecule has 3 heteroatoms. The van der Waals surface area contributed by atoms with Crippen LogP contribution >= 0.6 is 0 Å². The van der Waals surface area contributed by atoms with Crippen molar-refractivity contribution in [3.8, 4) is 5.75 Å². The van der Waals surface area contributed by atoms with Crippen LogP contribution in [0.15, 0.2) is 48.5 Å². The Morgan fingerprint density at radius 2 is 1.90 bits per heavy atom. The van der Waals surface area contributed by atoms with Crippen LogP contribution in [0.4, 0.5) is 5.69 Å². The third-order valence-electron chi connectivity index (χ3n) is 3.74. The molecule has 0 heterocycles. The molecular weight excluding hydrogens is 260 g/mol. The van der Waals surface area contributed by atoms with Crippen LogP contribution in [0.2, 0.25) is 0 Å². The van der Waals surface area contributed by atoms with E-state index in [2.05, 4.69) is 60.6 Å². The largest absolute Gasteiger partial charge is 0.497 e. The molecule has 2 aromatic rings. The smallest absolute Gasteiger partial charge is 0.119 e. The maximum absolute atomic E-state index is 5.31. The first kappa shape index (κ1) is 15.4. The monoisotopic (exact) mass is 284 g/mol. The summed E-state index contributed by atoms with van der Waals surface area (Å²) < 4.78 is 5.31. The fraction of sp³-hybridized carbons (Fsp3) is 0.333. The quantitative estimate of drug-likeness (QED) is 0.880. The number of hydrogen-bond acceptors (Lipinski definition) is 3. The number of likely N-dealkylation sites (N-methyl/N-ethyl adjacent to an activating group) is 2. The zero-order chi connectivity index (χ0) is 15.2. The van der Waals surface area contributed by atoms with Gasteiger partial charge in [-0.15, -0.1) is 0 Å². The summed E-state index contributed by atoms with van der Waals surface area (Å²) in [4.78, 5) is 2.27. The highest BCUT2D eigenvalue weighted by molar-refractivity contribution is 5.48. The number of benzene rings is 2. The summed E-state index contributed by atoms with van der Waals surface area (Å²) in [6.45, 7) is 3.02. The third-order valence-corrected chi connectivity index (χ3v) is 3.74. The van der Waals surface area contributed by atoms with Gasteiger partial charge in [0, 0.05) is 25.3 Å². The summed E-state index contributed by atoms with van der Waals surface area (Å²) in [5.74, 6) is 0.894. The van der Waals surface area contributed by atoms with Crippen molar-refractivity contribution in [3.05, 3.63) is 59.7 Å². The highest BCUT2D eigenvalue weighted by Gasteiger charge is 2.13. The van der Waals surface area contributed by atoms with Gasteiger partial charge < -0.3 is 15.0 Å². The fourth-order valence-electron chi connectivity index (χ4n) is 2.47. The molecular formula is C18H24N2O. The summed E-state index contributed by atoms with van der Waals surface area (Å²) in [6, 6.07) is 17.1. The molecule has 1 unspecified atom stereocenters. The number of methoxy groups -OCH3 is 1.